The van der Waals surface area contributed by atoms with Gasteiger partial charge in [-0.2, -0.15) is 0 Å². The fourth-order valence-electron chi connectivity index (χ4n) is 0.943. The van der Waals surface area contributed by atoms with Crippen LogP contribution < -0.4 is 11.1 Å². The highest BCUT2D eigenvalue weighted by atomic mass is 16.1. The molecule has 0 heterocycles. The SMILES string of the molecule is CC[C@H](C)C(NC)C(N)=O. The normalized spacial score (nSPS) is 16.3. The van der Waals surface area contributed by atoms with Gasteiger partial charge in [0.05, 0.1) is 6.04 Å². The predicted octanol–water partition coefficient (Wildman–Crippen LogP) is 0.106. The van der Waals surface area contributed by atoms with Gasteiger partial charge in [-0.25, -0.2) is 0 Å². The molecule has 2 atom stereocenters. The Kier molecular flexibility index (Phi) is 4.03. The van der Waals surface area contributed by atoms with E-state index in [1.807, 2.05) is 13.8 Å². The molecule has 0 radical (unpaired) electrons. The minimum atomic E-state index is -0.267. The molecule has 0 saturated heterocycles. The summed E-state index contributed by atoms with van der Waals surface area (Å²) < 4.78 is 0. The topological polar surface area (TPSA) is 55.1 Å². The Morgan fingerprint density at radius 1 is 1.70 bits per heavy atom. The maximum absolute atomic E-state index is 10.7. The van der Waals surface area contributed by atoms with Crippen molar-refractivity contribution in [3.63, 3.8) is 0 Å². The lowest BCUT2D eigenvalue weighted by Crippen LogP contribution is -2.43. The largest absolute Gasteiger partial charge is 0.368 e. The van der Waals surface area contributed by atoms with Gasteiger partial charge in [0.25, 0.3) is 0 Å². The Balaban J connectivity index is 3.92. The van der Waals surface area contributed by atoms with Crippen molar-refractivity contribution in [2.24, 2.45) is 11.7 Å². The molecule has 1 unspecified atom stereocenters. The summed E-state index contributed by atoms with van der Waals surface area (Å²) in [5, 5.41) is 2.88. The average Bonchev–Trinajstić information content (AvgIpc) is 1.88. The number of hydrogen-bond donors (Lipinski definition) is 2. The van der Waals surface area contributed by atoms with Crippen LogP contribution in [0.15, 0.2) is 0 Å². The third kappa shape index (κ3) is 2.35. The number of nitrogens with one attached hydrogen (secondary N) is 1. The molecular formula is C7H16N2O. The lowest BCUT2D eigenvalue weighted by Gasteiger charge is -2.18. The Morgan fingerprint density at radius 3 is 2.30 bits per heavy atom. The molecule has 1 amide bonds. The summed E-state index contributed by atoms with van der Waals surface area (Å²) in [6.07, 6.45) is 0.967. The summed E-state index contributed by atoms with van der Waals surface area (Å²) >= 11 is 0. The molecule has 0 aromatic heterocycles. The maximum atomic E-state index is 10.7. The van der Waals surface area contributed by atoms with Gasteiger partial charge in [0.1, 0.15) is 0 Å². The van der Waals surface area contributed by atoms with Crippen LogP contribution in [0.3, 0.4) is 0 Å². The zero-order chi connectivity index (χ0) is 8.15. The first kappa shape index (κ1) is 9.43. The second-order valence-corrected chi connectivity index (χ2v) is 2.55. The third-order valence-electron chi connectivity index (χ3n) is 1.83. The number of nitrogens with two attached hydrogens (primary N) is 1. The van der Waals surface area contributed by atoms with E-state index in [0.29, 0.717) is 5.92 Å². The molecule has 0 rings (SSSR count). The van der Waals surface area contributed by atoms with Crippen molar-refractivity contribution in [1.82, 2.24) is 5.32 Å². The third-order valence-corrected chi connectivity index (χ3v) is 1.83. The van der Waals surface area contributed by atoms with Crippen molar-refractivity contribution in [1.29, 1.82) is 0 Å². The monoisotopic (exact) mass is 144 g/mol. The van der Waals surface area contributed by atoms with E-state index in [1.54, 1.807) is 7.05 Å². The molecule has 60 valence electrons. The summed E-state index contributed by atoms with van der Waals surface area (Å²) in [6, 6.07) is -0.176. The van der Waals surface area contributed by atoms with Gasteiger partial charge in [0.15, 0.2) is 0 Å². The van der Waals surface area contributed by atoms with Crippen LogP contribution >= 0.6 is 0 Å². The van der Waals surface area contributed by atoms with Crippen LogP contribution in [0.1, 0.15) is 20.3 Å². The molecule has 0 aliphatic rings. The van der Waals surface area contributed by atoms with Crippen LogP contribution in [0.5, 0.6) is 0 Å². The van der Waals surface area contributed by atoms with Crippen molar-refractivity contribution < 1.29 is 4.79 Å². The van der Waals surface area contributed by atoms with Crippen molar-refractivity contribution in [3.05, 3.63) is 0 Å². The molecular weight excluding hydrogens is 128 g/mol. The molecule has 0 spiro atoms. The number of carbonyl (C=O) groups is 1. The molecule has 0 aromatic rings. The smallest absolute Gasteiger partial charge is 0.234 e. The van der Waals surface area contributed by atoms with E-state index in [0.717, 1.165) is 6.42 Å². The Hall–Kier alpha value is -0.570. The summed E-state index contributed by atoms with van der Waals surface area (Å²) in [7, 11) is 1.75. The van der Waals surface area contributed by atoms with Crippen molar-refractivity contribution in [3.8, 4) is 0 Å². The van der Waals surface area contributed by atoms with E-state index >= 15 is 0 Å². The van der Waals surface area contributed by atoms with Gasteiger partial charge >= 0.3 is 0 Å². The number of hydrogen-bond acceptors (Lipinski definition) is 2. The van der Waals surface area contributed by atoms with Crippen molar-refractivity contribution in [2.45, 2.75) is 26.3 Å². The first-order chi connectivity index (χ1) is 4.63. The molecule has 0 aliphatic carbocycles. The summed E-state index contributed by atoms with van der Waals surface area (Å²) in [6.45, 7) is 4.05. The minimum absolute atomic E-state index is 0.176. The van der Waals surface area contributed by atoms with E-state index in [4.69, 9.17) is 5.73 Å². The Labute approximate surface area is 62.0 Å². The van der Waals surface area contributed by atoms with E-state index in [-0.39, 0.29) is 11.9 Å². The van der Waals surface area contributed by atoms with E-state index in [9.17, 15) is 4.79 Å². The van der Waals surface area contributed by atoms with Gasteiger partial charge in [-0.1, -0.05) is 20.3 Å². The molecule has 3 N–H and O–H groups in total. The fraction of sp³-hybridized carbons (Fsp3) is 0.857. The van der Waals surface area contributed by atoms with E-state index in [1.165, 1.54) is 0 Å². The number of amides is 1. The minimum Gasteiger partial charge on any atom is -0.368 e. The molecule has 0 saturated carbocycles. The molecule has 0 aliphatic heterocycles. The van der Waals surface area contributed by atoms with Crippen LogP contribution in [0.4, 0.5) is 0 Å². The molecule has 0 fully saturated rings. The number of carbonyl (C=O) groups excluding carboxylic acids is 1. The van der Waals surface area contributed by atoms with Gasteiger partial charge in [-0.15, -0.1) is 0 Å². The van der Waals surface area contributed by atoms with Crippen LogP contribution in [-0.2, 0) is 4.79 Å². The second kappa shape index (κ2) is 4.28. The summed E-state index contributed by atoms with van der Waals surface area (Å²) in [5.74, 6) is 0.0550. The number of rotatable bonds is 4. The lowest BCUT2D eigenvalue weighted by molar-refractivity contribution is -0.121. The summed E-state index contributed by atoms with van der Waals surface area (Å²) in [5.41, 5.74) is 5.12. The van der Waals surface area contributed by atoms with Crippen LogP contribution in [0.2, 0.25) is 0 Å². The standard InChI is InChI=1S/C7H16N2O/c1-4-5(2)6(9-3)7(8)10/h5-6,9H,4H2,1-3H3,(H2,8,10)/t5-,6?/m0/s1. The van der Waals surface area contributed by atoms with Crippen molar-refractivity contribution in [2.75, 3.05) is 7.05 Å². The average molecular weight is 144 g/mol. The number of primary amides is 1. The van der Waals surface area contributed by atoms with Crippen LogP contribution in [0.25, 0.3) is 0 Å². The Bertz CT molecular complexity index is 114. The molecule has 3 nitrogen and oxygen atoms in total. The lowest BCUT2D eigenvalue weighted by atomic mass is 9.99. The number of likely N-dealkylation sites (N-methyl/N-ethyl adjacent to an activating group) is 1. The Morgan fingerprint density at radius 2 is 2.20 bits per heavy atom. The molecule has 0 aromatic carbocycles. The molecule has 3 heteroatoms. The van der Waals surface area contributed by atoms with E-state index < -0.39 is 0 Å². The fourth-order valence-corrected chi connectivity index (χ4v) is 0.943. The first-order valence-electron chi connectivity index (χ1n) is 3.60. The van der Waals surface area contributed by atoms with Gasteiger partial charge < -0.3 is 11.1 Å². The van der Waals surface area contributed by atoms with Crippen LogP contribution in [-0.4, -0.2) is 19.0 Å². The zero-order valence-electron chi connectivity index (χ0n) is 6.85. The highest BCUT2D eigenvalue weighted by molar-refractivity contribution is 5.80. The van der Waals surface area contributed by atoms with Crippen molar-refractivity contribution >= 4 is 5.91 Å². The quantitative estimate of drug-likeness (QED) is 0.588. The zero-order valence-corrected chi connectivity index (χ0v) is 6.85. The first-order valence-corrected chi connectivity index (χ1v) is 3.60. The highest BCUT2D eigenvalue weighted by Crippen LogP contribution is 2.05. The highest BCUT2D eigenvalue weighted by Gasteiger charge is 2.18. The molecule has 0 bridgehead atoms. The van der Waals surface area contributed by atoms with Crippen LogP contribution in [0, 0.1) is 5.92 Å². The van der Waals surface area contributed by atoms with E-state index in [2.05, 4.69) is 5.32 Å². The molecule has 10 heavy (non-hydrogen) atoms. The van der Waals surface area contributed by atoms with Gasteiger partial charge in [-0.05, 0) is 13.0 Å². The van der Waals surface area contributed by atoms with Gasteiger partial charge in [-0.3, -0.25) is 4.79 Å². The van der Waals surface area contributed by atoms with Gasteiger partial charge in [0.2, 0.25) is 5.91 Å². The van der Waals surface area contributed by atoms with Gasteiger partial charge in [0, 0.05) is 0 Å². The maximum Gasteiger partial charge on any atom is 0.234 e. The predicted molar refractivity (Wildman–Crippen MR) is 41.5 cm³/mol. The summed E-state index contributed by atoms with van der Waals surface area (Å²) in [4.78, 5) is 10.7. The second-order valence-electron chi connectivity index (χ2n) is 2.55.